The van der Waals surface area contributed by atoms with Gasteiger partial charge in [0.05, 0.1) is 0 Å². The molecule has 256 valence electrons. The van der Waals surface area contributed by atoms with Crippen LogP contribution < -0.4 is 0 Å². The van der Waals surface area contributed by atoms with Gasteiger partial charge in [0.25, 0.3) is 0 Å². The van der Waals surface area contributed by atoms with Gasteiger partial charge in [0, 0.05) is 12.8 Å². The second-order valence-electron chi connectivity index (χ2n) is 13.5. The largest absolute Gasteiger partial charge is 0.481 e. The minimum absolute atomic E-state index is 0.0839. The molecule has 0 rings (SSSR count). The molecular weight excluding hydrogens is 532 g/mol. The van der Waals surface area contributed by atoms with E-state index in [1.807, 2.05) is 0 Å². The van der Waals surface area contributed by atoms with Crippen molar-refractivity contribution < 1.29 is 19.4 Å². The minimum Gasteiger partial charge on any atom is -0.481 e. The van der Waals surface area contributed by atoms with Crippen LogP contribution in [0.5, 0.6) is 0 Å². The van der Waals surface area contributed by atoms with Crippen molar-refractivity contribution in [3.8, 4) is 0 Å². The van der Waals surface area contributed by atoms with Gasteiger partial charge in [-0.1, -0.05) is 187 Å². The molecule has 0 radical (unpaired) electrons. The molecule has 0 heterocycles. The molecular formula is C39H76O4. The van der Waals surface area contributed by atoms with Crippen molar-refractivity contribution in [3.63, 3.8) is 0 Å². The van der Waals surface area contributed by atoms with Crippen LogP contribution in [0, 0.1) is 0 Å². The maximum atomic E-state index is 12.5. The number of carbonyl (C=O) groups is 2. The first kappa shape index (κ1) is 41.9. The van der Waals surface area contributed by atoms with Crippen molar-refractivity contribution in [2.75, 3.05) is 0 Å². The number of rotatable bonds is 36. The Kier molecular flexibility index (Phi) is 34.5. The number of aliphatic carboxylic acids is 1. The number of hydrogen-bond acceptors (Lipinski definition) is 3. The van der Waals surface area contributed by atoms with E-state index in [1.165, 1.54) is 167 Å². The van der Waals surface area contributed by atoms with E-state index in [9.17, 15) is 9.59 Å². The van der Waals surface area contributed by atoms with Crippen molar-refractivity contribution in [2.24, 2.45) is 0 Å². The zero-order valence-electron chi connectivity index (χ0n) is 29.3. The van der Waals surface area contributed by atoms with Gasteiger partial charge in [0.2, 0.25) is 0 Å². The molecule has 0 aromatic heterocycles. The Morgan fingerprint density at radius 2 is 0.721 bits per heavy atom. The summed E-state index contributed by atoms with van der Waals surface area (Å²) in [4.78, 5) is 23.4. The van der Waals surface area contributed by atoms with E-state index in [4.69, 9.17) is 9.84 Å². The number of unbranched alkanes of at least 4 members (excludes halogenated alkanes) is 27. The van der Waals surface area contributed by atoms with Crippen molar-refractivity contribution in [1.29, 1.82) is 0 Å². The maximum absolute atomic E-state index is 12.5. The highest BCUT2D eigenvalue weighted by atomic mass is 16.5. The Morgan fingerprint density at radius 3 is 1.07 bits per heavy atom. The van der Waals surface area contributed by atoms with Crippen LogP contribution in [-0.2, 0) is 14.3 Å². The first-order chi connectivity index (χ1) is 21.1. The molecule has 0 saturated heterocycles. The summed E-state index contributed by atoms with van der Waals surface area (Å²) in [5.74, 6) is -0.848. The lowest BCUT2D eigenvalue weighted by atomic mass is 10.0. The van der Waals surface area contributed by atoms with Crippen molar-refractivity contribution in [1.82, 2.24) is 0 Å². The van der Waals surface area contributed by atoms with Crippen LogP contribution in [0.2, 0.25) is 0 Å². The molecule has 0 aliphatic carbocycles. The van der Waals surface area contributed by atoms with Crippen molar-refractivity contribution >= 4 is 11.9 Å². The van der Waals surface area contributed by atoms with E-state index in [2.05, 4.69) is 13.8 Å². The van der Waals surface area contributed by atoms with Crippen LogP contribution in [0.3, 0.4) is 0 Å². The van der Waals surface area contributed by atoms with Gasteiger partial charge in [-0.3, -0.25) is 9.59 Å². The van der Waals surface area contributed by atoms with Crippen LogP contribution in [0.25, 0.3) is 0 Å². The summed E-state index contributed by atoms with van der Waals surface area (Å²) in [6, 6.07) is 0. The first-order valence-electron chi connectivity index (χ1n) is 19.5. The van der Waals surface area contributed by atoms with Crippen LogP contribution >= 0.6 is 0 Å². The first-order valence-corrected chi connectivity index (χ1v) is 19.5. The molecule has 0 aromatic rings. The van der Waals surface area contributed by atoms with Crippen LogP contribution in [0.15, 0.2) is 0 Å². The molecule has 1 atom stereocenters. The van der Waals surface area contributed by atoms with Crippen LogP contribution in [0.4, 0.5) is 0 Å². The second-order valence-corrected chi connectivity index (χ2v) is 13.5. The maximum Gasteiger partial charge on any atom is 0.306 e. The van der Waals surface area contributed by atoms with Gasteiger partial charge in [0.1, 0.15) is 6.10 Å². The molecule has 0 aliphatic heterocycles. The fraction of sp³-hybridized carbons (Fsp3) is 0.949. The van der Waals surface area contributed by atoms with Gasteiger partial charge in [0.15, 0.2) is 0 Å². The summed E-state index contributed by atoms with van der Waals surface area (Å²) >= 11 is 0. The van der Waals surface area contributed by atoms with Gasteiger partial charge in [-0.25, -0.2) is 0 Å². The number of carboxylic acids is 1. The number of carbonyl (C=O) groups excluding carboxylic acids is 1. The van der Waals surface area contributed by atoms with Gasteiger partial charge in [-0.15, -0.1) is 0 Å². The SMILES string of the molecule is CCCCCCCCCCCCCCCCCCCC(CCCC(=O)O)OC(=O)CCCCCCCCCCCCCC. The third kappa shape index (κ3) is 35.3. The highest BCUT2D eigenvalue weighted by Gasteiger charge is 2.15. The summed E-state index contributed by atoms with van der Waals surface area (Å²) in [5.41, 5.74) is 0. The summed E-state index contributed by atoms with van der Waals surface area (Å²) in [6.07, 6.45) is 41.2. The molecule has 0 saturated carbocycles. The number of ether oxygens (including phenoxy) is 1. The highest BCUT2D eigenvalue weighted by molar-refractivity contribution is 5.69. The standard InChI is InChI=1S/C39H76O4/c1-3-5-7-9-11-13-15-17-18-19-20-21-22-24-26-28-30-33-37(34-32-35-38(40)41)43-39(42)36-31-29-27-25-23-16-14-12-10-8-6-4-2/h37H,3-36H2,1-2H3,(H,40,41). The second kappa shape index (κ2) is 35.4. The molecule has 43 heavy (non-hydrogen) atoms. The Labute approximate surface area is 269 Å². The Hall–Kier alpha value is -1.06. The Balaban J connectivity index is 3.76. The molecule has 1 unspecified atom stereocenters. The van der Waals surface area contributed by atoms with Gasteiger partial charge < -0.3 is 9.84 Å². The molecule has 4 heteroatoms. The smallest absolute Gasteiger partial charge is 0.306 e. The van der Waals surface area contributed by atoms with E-state index in [1.54, 1.807) is 0 Å². The van der Waals surface area contributed by atoms with Crippen LogP contribution in [-0.4, -0.2) is 23.1 Å². The zero-order valence-corrected chi connectivity index (χ0v) is 29.3. The van der Waals surface area contributed by atoms with E-state index >= 15 is 0 Å². The highest BCUT2D eigenvalue weighted by Crippen LogP contribution is 2.18. The third-order valence-corrected chi connectivity index (χ3v) is 9.08. The summed E-state index contributed by atoms with van der Waals surface area (Å²) in [6.45, 7) is 4.55. The molecule has 0 fully saturated rings. The van der Waals surface area contributed by atoms with Crippen LogP contribution in [0.1, 0.15) is 232 Å². The molecule has 0 aromatic carbocycles. The van der Waals surface area contributed by atoms with Gasteiger partial charge >= 0.3 is 11.9 Å². The van der Waals surface area contributed by atoms with Gasteiger partial charge in [-0.05, 0) is 32.1 Å². The molecule has 0 bridgehead atoms. The lowest BCUT2D eigenvalue weighted by molar-refractivity contribution is -0.150. The number of esters is 1. The molecule has 4 nitrogen and oxygen atoms in total. The molecule has 1 N–H and O–H groups in total. The van der Waals surface area contributed by atoms with E-state index in [0.29, 0.717) is 19.3 Å². The minimum atomic E-state index is -0.764. The van der Waals surface area contributed by atoms with E-state index in [0.717, 1.165) is 25.7 Å². The predicted molar refractivity (Wildman–Crippen MR) is 186 cm³/mol. The Bertz CT molecular complexity index is 576. The normalized spacial score (nSPS) is 12.0. The molecule has 0 spiro atoms. The van der Waals surface area contributed by atoms with Crippen molar-refractivity contribution in [2.45, 2.75) is 238 Å². The lowest BCUT2D eigenvalue weighted by Gasteiger charge is -2.18. The zero-order chi connectivity index (χ0) is 31.5. The van der Waals surface area contributed by atoms with E-state index in [-0.39, 0.29) is 18.5 Å². The average molecular weight is 609 g/mol. The molecule has 0 amide bonds. The number of hydrogen-bond donors (Lipinski definition) is 1. The summed E-state index contributed by atoms with van der Waals surface area (Å²) in [5, 5.41) is 9.01. The quantitative estimate of drug-likeness (QED) is 0.0567. The van der Waals surface area contributed by atoms with E-state index < -0.39 is 5.97 Å². The number of carboxylic acid groups (broad SMARTS) is 1. The Morgan fingerprint density at radius 1 is 0.419 bits per heavy atom. The predicted octanol–water partition coefficient (Wildman–Crippen LogP) is 13.3. The monoisotopic (exact) mass is 609 g/mol. The average Bonchev–Trinajstić information content (AvgIpc) is 2.99. The fourth-order valence-electron chi connectivity index (χ4n) is 6.20. The third-order valence-electron chi connectivity index (χ3n) is 9.08. The molecule has 0 aliphatic rings. The van der Waals surface area contributed by atoms with Crippen molar-refractivity contribution in [3.05, 3.63) is 0 Å². The lowest BCUT2D eigenvalue weighted by Crippen LogP contribution is -2.18. The topological polar surface area (TPSA) is 63.6 Å². The van der Waals surface area contributed by atoms with Gasteiger partial charge in [-0.2, -0.15) is 0 Å². The summed E-state index contributed by atoms with van der Waals surface area (Å²) < 4.78 is 5.83. The summed E-state index contributed by atoms with van der Waals surface area (Å²) in [7, 11) is 0. The fourth-order valence-corrected chi connectivity index (χ4v) is 6.20.